The number of methoxy groups -OCH3 is 1. The minimum Gasteiger partial charge on any atom is -0.489 e. The first-order chi connectivity index (χ1) is 11.6. The molecule has 0 unspecified atom stereocenters. The minimum absolute atomic E-state index is 0.0796. The molecule has 24 heavy (non-hydrogen) atoms. The van der Waals surface area contributed by atoms with Gasteiger partial charge in [0.15, 0.2) is 11.6 Å². The highest BCUT2D eigenvalue weighted by atomic mass is 19.1. The van der Waals surface area contributed by atoms with Gasteiger partial charge in [0, 0.05) is 13.7 Å². The molecule has 2 rings (SSSR count). The molecule has 0 saturated carbocycles. The maximum atomic E-state index is 13.6. The molecular formula is C18H27FN2O3. The summed E-state index contributed by atoms with van der Waals surface area (Å²) in [7, 11) is 3.61. The van der Waals surface area contributed by atoms with Crippen LogP contribution in [0.1, 0.15) is 19.3 Å². The number of carbonyl (C=O) groups excluding carboxylic acids is 1. The van der Waals surface area contributed by atoms with Crippen molar-refractivity contribution in [3.05, 3.63) is 30.1 Å². The van der Waals surface area contributed by atoms with Crippen LogP contribution in [0.3, 0.4) is 0 Å². The standard InChI is InChI=1S/C18H27FN2O3/c1-20-10-6-5-8-16(20)18(22)21(11-13-23-2)12-14-24-17-9-4-3-7-15(17)19/h3-4,7,9,16H,5-6,8,10-14H2,1-2H3/t16-/m0/s1. The van der Waals surface area contributed by atoms with E-state index in [1.54, 1.807) is 30.2 Å². The fraction of sp³-hybridized carbons (Fsp3) is 0.611. The van der Waals surface area contributed by atoms with Crippen LogP contribution in [0.5, 0.6) is 5.75 Å². The first kappa shape index (κ1) is 18.7. The van der Waals surface area contributed by atoms with E-state index in [9.17, 15) is 9.18 Å². The molecular weight excluding hydrogens is 311 g/mol. The number of hydrogen-bond donors (Lipinski definition) is 0. The number of amides is 1. The van der Waals surface area contributed by atoms with Crippen molar-refractivity contribution >= 4 is 5.91 Å². The van der Waals surface area contributed by atoms with Crippen LogP contribution >= 0.6 is 0 Å². The Morgan fingerprint density at radius 1 is 1.29 bits per heavy atom. The number of rotatable bonds is 8. The van der Waals surface area contributed by atoms with E-state index in [1.165, 1.54) is 6.07 Å². The Morgan fingerprint density at radius 3 is 2.75 bits per heavy atom. The quantitative estimate of drug-likeness (QED) is 0.728. The van der Waals surface area contributed by atoms with Crippen LogP contribution in [0.4, 0.5) is 4.39 Å². The summed E-state index contributed by atoms with van der Waals surface area (Å²) in [5, 5.41) is 0. The van der Waals surface area contributed by atoms with Gasteiger partial charge >= 0.3 is 0 Å². The van der Waals surface area contributed by atoms with E-state index in [0.717, 1.165) is 25.8 Å². The molecule has 1 aromatic rings. The van der Waals surface area contributed by atoms with Gasteiger partial charge in [-0.1, -0.05) is 18.6 Å². The van der Waals surface area contributed by atoms with Gasteiger partial charge in [-0.3, -0.25) is 9.69 Å². The van der Waals surface area contributed by atoms with Crippen LogP contribution in [0, 0.1) is 5.82 Å². The molecule has 5 nitrogen and oxygen atoms in total. The lowest BCUT2D eigenvalue weighted by Crippen LogP contribution is -2.51. The number of hydrogen-bond acceptors (Lipinski definition) is 4. The molecule has 0 radical (unpaired) electrons. The zero-order valence-corrected chi connectivity index (χ0v) is 14.5. The third kappa shape index (κ3) is 5.18. The maximum absolute atomic E-state index is 13.6. The van der Waals surface area contributed by atoms with Crippen molar-refractivity contribution in [2.75, 3.05) is 47.0 Å². The monoisotopic (exact) mass is 338 g/mol. The lowest BCUT2D eigenvalue weighted by atomic mass is 10.0. The van der Waals surface area contributed by atoms with Gasteiger partial charge in [-0.25, -0.2) is 4.39 Å². The molecule has 0 aliphatic carbocycles. The summed E-state index contributed by atoms with van der Waals surface area (Å²) in [5.74, 6) is -0.0721. The minimum atomic E-state index is -0.390. The topological polar surface area (TPSA) is 42.0 Å². The Morgan fingerprint density at radius 2 is 2.04 bits per heavy atom. The predicted octanol–water partition coefficient (Wildman–Crippen LogP) is 2.16. The van der Waals surface area contributed by atoms with Crippen LogP contribution in [0.25, 0.3) is 0 Å². The molecule has 0 spiro atoms. The molecule has 1 aliphatic rings. The number of ether oxygens (including phenoxy) is 2. The van der Waals surface area contributed by atoms with Crippen molar-refractivity contribution in [2.24, 2.45) is 0 Å². The average Bonchev–Trinajstić information content (AvgIpc) is 2.59. The van der Waals surface area contributed by atoms with Gasteiger partial charge in [0.1, 0.15) is 6.61 Å². The lowest BCUT2D eigenvalue weighted by molar-refractivity contribution is -0.138. The van der Waals surface area contributed by atoms with Gasteiger partial charge in [-0.15, -0.1) is 0 Å². The fourth-order valence-corrected chi connectivity index (χ4v) is 2.96. The largest absolute Gasteiger partial charge is 0.489 e. The summed E-state index contributed by atoms with van der Waals surface area (Å²) in [4.78, 5) is 16.7. The number of likely N-dealkylation sites (N-methyl/N-ethyl adjacent to an activating group) is 1. The smallest absolute Gasteiger partial charge is 0.240 e. The van der Waals surface area contributed by atoms with Crippen LogP contribution < -0.4 is 4.74 Å². The zero-order valence-electron chi connectivity index (χ0n) is 14.5. The number of halogens is 1. The molecule has 0 N–H and O–H groups in total. The molecule has 1 saturated heterocycles. The number of piperidine rings is 1. The van der Waals surface area contributed by atoms with Crippen molar-refractivity contribution in [2.45, 2.75) is 25.3 Å². The first-order valence-electron chi connectivity index (χ1n) is 8.48. The van der Waals surface area contributed by atoms with Gasteiger partial charge in [0.05, 0.1) is 19.2 Å². The van der Waals surface area contributed by atoms with Crippen molar-refractivity contribution in [3.63, 3.8) is 0 Å². The molecule has 1 amide bonds. The van der Waals surface area contributed by atoms with E-state index in [2.05, 4.69) is 4.90 Å². The highest BCUT2D eigenvalue weighted by Gasteiger charge is 2.29. The second kappa shape index (κ2) is 9.59. The Labute approximate surface area is 143 Å². The highest BCUT2D eigenvalue weighted by molar-refractivity contribution is 5.82. The fourth-order valence-electron chi connectivity index (χ4n) is 2.96. The number of carbonyl (C=O) groups is 1. The van der Waals surface area contributed by atoms with Gasteiger partial charge in [0.2, 0.25) is 5.91 Å². The summed E-state index contributed by atoms with van der Waals surface area (Å²) in [6.45, 7) is 2.61. The molecule has 1 atom stereocenters. The molecule has 1 fully saturated rings. The van der Waals surface area contributed by atoms with Crippen molar-refractivity contribution in [3.8, 4) is 5.75 Å². The van der Waals surface area contributed by atoms with Gasteiger partial charge in [-0.2, -0.15) is 0 Å². The molecule has 0 aromatic heterocycles. The van der Waals surface area contributed by atoms with E-state index in [1.807, 2.05) is 7.05 Å². The summed E-state index contributed by atoms with van der Waals surface area (Å²) in [5.41, 5.74) is 0. The van der Waals surface area contributed by atoms with Crippen molar-refractivity contribution in [1.82, 2.24) is 9.80 Å². The van der Waals surface area contributed by atoms with E-state index in [0.29, 0.717) is 19.7 Å². The van der Waals surface area contributed by atoms with Gasteiger partial charge in [-0.05, 0) is 38.6 Å². The molecule has 1 aromatic carbocycles. The normalized spacial score (nSPS) is 18.4. The van der Waals surface area contributed by atoms with Crippen molar-refractivity contribution in [1.29, 1.82) is 0 Å². The van der Waals surface area contributed by atoms with E-state index < -0.39 is 0 Å². The van der Waals surface area contributed by atoms with E-state index in [-0.39, 0.29) is 30.1 Å². The van der Waals surface area contributed by atoms with Crippen LogP contribution in [-0.2, 0) is 9.53 Å². The second-order valence-corrected chi connectivity index (χ2v) is 6.09. The predicted molar refractivity (Wildman–Crippen MR) is 90.6 cm³/mol. The summed E-state index contributed by atoms with van der Waals surface area (Å²) < 4.78 is 24.2. The number of para-hydroxylation sites is 1. The maximum Gasteiger partial charge on any atom is 0.240 e. The third-order valence-electron chi connectivity index (χ3n) is 4.39. The highest BCUT2D eigenvalue weighted by Crippen LogP contribution is 2.18. The molecule has 1 aliphatic heterocycles. The van der Waals surface area contributed by atoms with Crippen LogP contribution in [-0.4, -0.2) is 68.8 Å². The zero-order chi connectivity index (χ0) is 17.4. The number of benzene rings is 1. The van der Waals surface area contributed by atoms with Crippen LogP contribution in [0.2, 0.25) is 0 Å². The molecule has 6 heteroatoms. The van der Waals surface area contributed by atoms with Crippen LogP contribution in [0.15, 0.2) is 24.3 Å². The molecule has 1 heterocycles. The van der Waals surface area contributed by atoms with E-state index >= 15 is 0 Å². The van der Waals surface area contributed by atoms with Gasteiger partial charge < -0.3 is 14.4 Å². The SMILES string of the molecule is COCCN(CCOc1ccccc1F)C(=O)[C@@H]1CCCCN1C. The molecule has 0 bridgehead atoms. The van der Waals surface area contributed by atoms with E-state index in [4.69, 9.17) is 9.47 Å². The Bertz CT molecular complexity index is 527. The van der Waals surface area contributed by atoms with Crippen molar-refractivity contribution < 1.29 is 18.7 Å². The average molecular weight is 338 g/mol. The summed E-state index contributed by atoms with van der Waals surface area (Å²) in [6, 6.07) is 6.22. The third-order valence-corrected chi connectivity index (χ3v) is 4.39. The summed E-state index contributed by atoms with van der Waals surface area (Å²) in [6.07, 6.45) is 3.09. The number of likely N-dealkylation sites (tertiary alicyclic amines) is 1. The number of nitrogens with zero attached hydrogens (tertiary/aromatic N) is 2. The summed E-state index contributed by atoms with van der Waals surface area (Å²) >= 11 is 0. The lowest BCUT2D eigenvalue weighted by Gasteiger charge is -2.35. The Hall–Kier alpha value is -1.66. The Kier molecular flexibility index (Phi) is 7.46. The Balaban J connectivity index is 1.92. The molecule has 134 valence electrons. The van der Waals surface area contributed by atoms with Gasteiger partial charge in [0.25, 0.3) is 0 Å². The second-order valence-electron chi connectivity index (χ2n) is 6.09. The first-order valence-corrected chi connectivity index (χ1v) is 8.48.